The summed E-state index contributed by atoms with van der Waals surface area (Å²) in [7, 11) is 0. The second kappa shape index (κ2) is 5.45. The number of hydrogen-bond donors (Lipinski definition) is 0. The second-order valence-corrected chi connectivity index (χ2v) is 4.27. The first-order chi connectivity index (χ1) is 8.66. The number of carbonyl (C=O) groups excluding carboxylic acids is 1. The van der Waals surface area contributed by atoms with E-state index in [-0.39, 0.29) is 5.92 Å². The third-order valence-electron chi connectivity index (χ3n) is 2.79. The molecule has 92 valence electrons. The maximum absolute atomic E-state index is 11.7. The first kappa shape index (κ1) is 12.3. The van der Waals surface area contributed by atoms with Crippen molar-refractivity contribution in [3.63, 3.8) is 0 Å². The smallest absolute Gasteiger partial charge is 0.313 e. The second-order valence-electron chi connectivity index (χ2n) is 4.27. The predicted octanol–water partition coefficient (Wildman–Crippen LogP) is 3.27. The Morgan fingerprint density at radius 1 is 1.17 bits per heavy atom. The summed E-state index contributed by atoms with van der Waals surface area (Å²) in [5.41, 5.74) is 2.38. The number of oxime groups is 1. The van der Waals surface area contributed by atoms with Crippen molar-refractivity contribution in [2.75, 3.05) is 0 Å². The van der Waals surface area contributed by atoms with Gasteiger partial charge in [0.1, 0.15) is 0 Å². The molecule has 0 bridgehead atoms. The van der Waals surface area contributed by atoms with Gasteiger partial charge in [0.25, 0.3) is 0 Å². The van der Waals surface area contributed by atoms with Crippen LogP contribution in [0.2, 0.25) is 0 Å². The molecular weight excluding hydrogens is 226 g/mol. The zero-order chi connectivity index (χ0) is 13.0. The van der Waals surface area contributed by atoms with Crippen LogP contribution in [0.4, 0.5) is 0 Å². The third kappa shape index (κ3) is 2.94. The van der Waals surface area contributed by atoms with Crippen molar-refractivity contribution >= 4 is 11.7 Å². The molecular formula is C15H15NO2. The van der Waals surface area contributed by atoms with Crippen molar-refractivity contribution in [2.45, 2.75) is 13.8 Å². The minimum absolute atomic E-state index is 0.135. The average Bonchev–Trinajstić information content (AvgIpc) is 2.90. The van der Waals surface area contributed by atoms with Crippen LogP contribution in [0.1, 0.15) is 22.8 Å². The lowest BCUT2D eigenvalue weighted by atomic mass is 10.1. The van der Waals surface area contributed by atoms with Crippen LogP contribution in [0.5, 0.6) is 0 Å². The monoisotopic (exact) mass is 241 g/mol. The van der Waals surface area contributed by atoms with Gasteiger partial charge in [-0.3, -0.25) is 0 Å². The van der Waals surface area contributed by atoms with E-state index in [1.54, 1.807) is 12.1 Å². The van der Waals surface area contributed by atoms with Gasteiger partial charge in [0, 0.05) is 5.92 Å². The molecule has 0 atom stereocenters. The number of hydrogen-bond acceptors (Lipinski definition) is 3. The molecule has 0 radical (unpaired) electrons. The van der Waals surface area contributed by atoms with Crippen LogP contribution in [0.3, 0.4) is 0 Å². The van der Waals surface area contributed by atoms with Crippen LogP contribution in [-0.2, 0) is 4.84 Å². The minimum atomic E-state index is -0.430. The van der Waals surface area contributed by atoms with Crippen LogP contribution in [0, 0.1) is 12.8 Å². The molecule has 0 heterocycles. The summed E-state index contributed by atoms with van der Waals surface area (Å²) in [6.45, 7) is 3.81. The zero-order valence-corrected chi connectivity index (χ0v) is 10.5. The fraction of sp³-hybridized carbons (Fsp3) is 0.200. The lowest BCUT2D eigenvalue weighted by Crippen LogP contribution is -2.07. The SMILES string of the molecule is C/C(=N\OC(=O)c1ccc(C)cc1)C1C=CC=C1. The van der Waals surface area contributed by atoms with Gasteiger partial charge in [-0.1, -0.05) is 47.2 Å². The molecule has 3 heteroatoms. The summed E-state index contributed by atoms with van der Waals surface area (Å²) in [6, 6.07) is 7.21. The Morgan fingerprint density at radius 2 is 1.78 bits per heavy atom. The Bertz CT molecular complexity index is 512. The minimum Gasteiger partial charge on any atom is -0.313 e. The maximum Gasteiger partial charge on any atom is 0.365 e. The Hall–Kier alpha value is -2.16. The molecule has 1 aromatic carbocycles. The van der Waals surface area contributed by atoms with Gasteiger partial charge in [-0.2, -0.15) is 0 Å². The van der Waals surface area contributed by atoms with Crippen LogP contribution in [0.25, 0.3) is 0 Å². The van der Waals surface area contributed by atoms with E-state index in [0.29, 0.717) is 5.56 Å². The van der Waals surface area contributed by atoms with Crippen molar-refractivity contribution < 1.29 is 9.63 Å². The topological polar surface area (TPSA) is 38.7 Å². The lowest BCUT2D eigenvalue weighted by Gasteiger charge is -2.04. The molecule has 2 rings (SSSR count). The normalized spacial score (nSPS) is 15.1. The van der Waals surface area contributed by atoms with Gasteiger partial charge in [-0.05, 0) is 26.0 Å². The Labute approximate surface area is 106 Å². The maximum atomic E-state index is 11.7. The van der Waals surface area contributed by atoms with Crippen LogP contribution >= 0.6 is 0 Å². The first-order valence-corrected chi connectivity index (χ1v) is 5.84. The van der Waals surface area contributed by atoms with Crippen molar-refractivity contribution in [3.05, 3.63) is 59.7 Å². The molecule has 0 unspecified atom stereocenters. The summed E-state index contributed by atoms with van der Waals surface area (Å²) in [5, 5.41) is 3.87. The molecule has 0 fully saturated rings. The van der Waals surface area contributed by atoms with Crippen molar-refractivity contribution in [1.82, 2.24) is 0 Å². The molecule has 0 aliphatic heterocycles. The Kier molecular flexibility index (Phi) is 3.72. The van der Waals surface area contributed by atoms with Gasteiger partial charge in [0.2, 0.25) is 0 Å². The van der Waals surface area contributed by atoms with E-state index in [0.717, 1.165) is 11.3 Å². The molecule has 1 aliphatic carbocycles. The quantitative estimate of drug-likeness (QED) is 0.463. The highest BCUT2D eigenvalue weighted by molar-refractivity contribution is 5.92. The van der Waals surface area contributed by atoms with Crippen LogP contribution in [-0.4, -0.2) is 11.7 Å². The number of rotatable bonds is 3. The van der Waals surface area contributed by atoms with Crippen LogP contribution < -0.4 is 0 Å². The van der Waals surface area contributed by atoms with Gasteiger partial charge < -0.3 is 4.84 Å². The van der Waals surface area contributed by atoms with E-state index in [9.17, 15) is 4.79 Å². The van der Waals surface area contributed by atoms with E-state index in [2.05, 4.69) is 5.16 Å². The molecule has 0 amide bonds. The average molecular weight is 241 g/mol. The number of aryl methyl sites for hydroxylation is 1. The number of nitrogens with zero attached hydrogens (tertiary/aromatic N) is 1. The Morgan fingerprint density at radius 3 is 2.39 bits per heavy atom. The number of carbonyl (C=O) groups is 1. The summed E-state index contributed by atoms with van der Waals surface area (Å²) >= 11 is 0. The largest absolute Gasteiger partial charge is 0.365 e. The summed E-state index contributed by atoms with van der Waals surface area (Å²) in [6.07, 6.45) is 7.90. The first-order valence-electron chi connectivity index (χ1n) is 5.84. The highest BCUT2D eigenvalue weighted by atomic mass is 16.7. The highest BCUT2D eigenvalue weighted by Gasteiger charge is 2.10. The molecule has 0 aromatic heterocycles. The van der Waals surface area contributed by atoms with E-state index >= 15 is 0 Å². The van der Waals surface area contributed by atoms with Gasteiger partial charge >= 0.3 is 5.97 Å². The molecule has 1 aromatic rings. The highest BCUT2D eigenvalue weighted by Crippen LogP contribution is 2.12. The summed E-state index contributed by atoms with van der Waals surface area (Å²) < 4.78 is 0. The van der Waals surface area contributed by atoms with Crippen LogP contribution in [0.15, 0.2) is 53.7 Å². The fourth-order valence-electron chi connectivity index (χ4n) is 1.63. The van der Waals surface area contributed by atoms with Crippen molar-refractivity contribution in [2.24, 2.45) is 11.1 Å². The van der Waals surface area contributed by atoms with Gasteiger partial charge in [0.15, 0.2) is 0 Å². The van der Waals surface area contributed by atoms with Gasteiger partial charge in [0.05, 0.1) is 11.3 Å². The van der Waals surface area contributed by atoms with Gasteiger partial charge in [-0.15, -0.1) is 0 Å². The fourth-order valence-corrected chi connectivity index (χ4v) is 1.63. The van der Waals surface area contributed by atoms with E-state index in [4.69, 9.17) is 4.84 Å². The molecule has 0 saturated heterocycles. The molecule has 0 saturated carbocycles. The van der Waals surface area contributed by atoms with Crippen molar-refractivity contribution in [1.29, 1.82) is 0 Å². The lowest BCUT2D eigenvalue weighted by molar-refractivity contribution is 0.0514. The Balaban J connectivity index is 1.99. The van der Waals surface area contributed by atoms with E-state index < -0.39 is 5.97 Å². The molecule has 3 nitrogen and oxygen atoms in total. The number of allylic oxidation sites excluding steroid dienone is 4. The summed E-state index contributed by atoms with van der Waals surface area (Å²) in [4.78, 5) is 16.6. The molecule has 18 heavy (non-hydrogen) atoms. The molecule has 0 N–H and O–H groups in total. The van der Waals surface area contributed by atoms with Gasteiger partial charge in [-0.25, -0.2) is 4.79 Å². The van der Waals surface area contributed by atoms with E-state index in [1.165, 1.54) is 0 Å². The predicted molar refractivity (Wildman–Crippen MR) is 71.5 cm³/mol. The third-order valence-corrected chi connectivity index (χ3v) is 2.79. The standard InChI is InChI=1S/C15H15NO2/c1-11-7-9-14(10-8-11)15(17)18-16-12(2)13-5-3-4-6-13/h3-10,13H,1-2H3/b16-12+. The van der Waals surface area contributed by atoms with Crippen molar-refractivity contribution in [3.8, 4) is 0 Å². The zero-order valence-electron chi connectivity index (χ0n) is 10.5. The summed E-state index contributed by atoms with van der Waals surface area (Å²) in [5.74, 6) is -0.295. The molecule has 1 aliphatic rings. The number of benzene rings is 1. The molecule has 0 spiro atoms. The van der Waals surface area contributed by atoms with E-state index in [1.807, 2.05) is 50.3 Å².